The van der Waals surface area contributed by atoms with E-state index in [4.69, 9.17) is 14.2 Å². The first kappa shape index (κ1) is 18.8. The Hall–Kier alpha value is -3.02. The van der Waals surface area contributed by atoms with Gasteiger partial charge in [0.1, 0.15) is 13.2 Å². The van der Waals surface area contributed by atoms with E-state index in [1.807, 2.05) is 55.5 Å². The lowest BCUT2D eigenvalue weighted by Crippen LogP contribution is -2.31. The van der Waals surface area contributed by atoms with Gasteiger partial charge in [-0.3, -0.25) is 9.59 Å². The lowest BCUT2D eigenvalue weighted by atomic mass is 10.1. The first-order chi connectivity index (χ1) is 13.1. The highest BCUT2D eigenvalue weighted by Crippen LogP contribution is 2.32. The van der Waals surface area contributed by atoms with Gasteiger partial charge in [0, 0.05) is 6.42 Å². The molecule has 1 heterocycles. The van der Waals surface area contributed by atoms with Gasteiger partial charge in [-0.1, -0.05) is 36.4 Å². The monoisotopic (exact) mass is 369 g/mol. The molecule has 3 rings (SSSR count). The molecule has 6 nitrogen and oxygen atoms in total. The maximum atomic E-state index is 12.0. The highest BCUT2D eigenvalue weighted by molar-refractivity contribution is 5.80. The topological polar surface area (TPSA) is 73.9 Å². The molecule has 1 atom stereocenters. The van der Waals surface area contributed by atoms with E-state index >= 15 is 0 Å². The summed E-state index contributed by atoms with van der Waals surface area (Å²) in [5.74, 6) is 0.648. The fourth-order valence-corrected chi connectivity index (χ4v) is 2.81. The van der Waals surface area contributed by atoms with Crippen LogP contribution in [0.2, 0.25) is 0 Å². The summed E-state index contributed by atoms with van der Waals surface area (Å²) in [5, 5.41) is 2.82. The molecule has 6 heteroatoms. The Morgan fingerprint density at radius 1 is 1.07 bits per heavy atom. The molecule has 0 saturated carbocycles. The second kappa shape index (κ2) is 9.07. The number of carbonyl (C=O) groups is 2. The van der Waals surface area contributed by atoms with E-state index < -0.39 is 0 Å². The summed E-state index contributed by atoms with van der Waals surface area (Å²) in [4.78, 5) is 23.9. The Morgan fingerprint density at radius 2 is 1.81 bits per heavy atom. The first-order valence-corrected chi connectivity index (χ1v) is 9.00. The maximum absolute atomic E-state index is 12.0. The minimum absolute atomic E-state index is 0.239. The van der Waals surface area contributed by atoms with Gasteiger partial charge in [0.25, 0.3) is 5.91 Å². The molecule has 2 aromatic rings. The number of ether oxygens (including phenoxy) is 3. The van der Waals surface area contributed by atoms with Crippen LogP contribution in [0.3, 0.4) is 0 Å². The van der Waals surface area contributed by atoms with Gasteiger partial charge in [-0.15, -0.1) is 0 Å². The van der Waals surface area contributed by atoms with Crippen molar-refractivity contribution >= 4 is 11.9 Å². The van der Waals surface area contributed by atoms with Crippen molar-refractivity contribution in [3.63, 3.8) is 0 Å². The molecule has 1 aliphatic rings. The first-order valence-electron chi connectivity index (χ1n) is 9.00. The number of nitrogens with one attached hydrogen (secondary N) is 1. The third kappa shape index (κ3) is 5.48. The molecule has 0 aliphatic carbocycles. The van der Waals surface area contributed by atoms with E-state index in [-0.39, 0.29) is 30.9 Å². The van der Waals surface area contributed by atoms with Gasteiger partial charge < -0.3 is 19.5 Å². The largest absolute Gasteiger partial charge is 0.486 e. The van der Waals surface area contributed by atoms with Crippen molar-refractivity contribution in [2.24, 2.45) is 0 Å². The lowest BCUT2D eigenvalue weighted by Gasteiger charge is -2.21. The van der Waals surface area contributed by atoms with Gasteiger partial charge in [0.2, 0.25) is 0 Å². The second-order valence-electron chi connectivity index (χ2n) is 6.34. The van der Waals surface area contributed by atoms with Crippen molar-refractivity contribution in [1.29, 1.82) is 0 Å². The highest BCUT2D eigenvalue weighted by atomic mass is 16.6. The summed E-state index contributed by atoms with van der Waals surface area (Å²) < 4.78 is 16.1. The zero-order valence-electron chi connectivity index (χ0n) is 15.3. The molecule has 0 bridgehead atoms. The Morgan fingerprint density at radius 3 is 2.59 bits per heavy atom. The average Bonchev–Trinajstić information content (AvgIpc) is 2.71. The predicted octanol–water partition coefficient (Wildman–Crippen LogP) is 2.81. The van der Waals surface area contributed by atoms with Crippen LogP contribution in [0.4, 0.5) is 0 Å². The van der Waals surface area contributed by atoms with Crippen LogP contribution >= 0.6 is 0 Å². The second-order valence-corrected chi connectivity index (χ2v) is 6.34. The highest BCUT2D eigenvalue weighted by Gasteiger charge is 2.16. The number of amides is 1. The molecule has 0 spiro atoms. The third-order valence-corrected chi connectivity index (χ3v) is 4.27. The summed E-state index contributed by atoms with van der Waals surface area (Å²) in [5.41, 5.74) is 1.95. The number of hydrogen-bond acceptors (Lipinski definition) is 5. The molecule has 0 saturated heterocycles. The molecule has 1 aliphatic heterocycles. The number of carbonyl (C=O) groups excluding carboxylic acids is 2. The zero-order chi connectivity index (χ0) is 19.1. The summed E-state index contributed by atoms with van der Waals surface area (Å²) in [6, 6.07) is 15.0. The van der Waals surface area contributed by atoms with E-state index in [0.29, 0.717) is 31.1 Å². The molecular formula is C21H23NO5. The van der Waals surface area contributed by atoms with Crippen LogP contribution < -0.4 is 14.8 Å². The summed E-state index contributed by atoms with van der Waals surface area (Å²) >= 11 is 0. The van der Waals surface area contributed by atoms with E-state index in [1.165, 1.54) is 0 Å². The quantitative estimate of drug-likeness (QED) is 0.760. The van der Waals surface area contributed by atoms with Crippen LogP contribution in [0.5, 0.6) is 11.5 Å². The van der Waals surface area contributed by atoms with Crippen molar-refractivity contribution in [3.05, 3.63) is 59.7 Å². The number of benzene rings is 2. The Kier molecular flexibility index (Phi) is 6.30. The Bertz CT molecular complexity index is 790. The van der Waals surface area contributed by atoms with E-state index in [1.54, 1.807) is 0 Å². The van der Waals surface area contributed by atoms with Crippen molar-refractivity contribution < 1.29 is 23.8 Å². The van der Waals surface area contributed by atoms with Crippen molar-refractivity contribution in [2.75, 3.05) is 19.8 Å². The average molecular weight is 369 g/mol. The molecule has 142 valence electrons. The fourth-order valence-electron chi connectivity index (χ4n) is 2.81. The summed E-state index contributed by atoms with van der Waals surface area (Å²) in [7, 11) is 0. The molecule has 0 fully saturated rings. The minimum atomic E-state index is -0.388. The van der Waals surface area contributed by atoms with Gasteiger partial charge in [0.05, 0.1) is 6.04 Å². The van der Waals surface area contributed by atoms with Crippen LogP contribution in [0, 0.1) is 0 Å². The van der Waals surface area contributed by atoms with E-state index in [0.717, 1.165) is 11.1 Å². The number of rotatable bonds is 7. The standard InChI is InChI=1S/C21H23NO5/c1-15(17-8-9-18-19(13-17)26-12-11-25-18)22-20(23)14-27-21(24)10-7-16-5-3-2-4-6-16/h2-6,8-9,13,15H,7,10-12,14H2,1H3,(H,22,23). The van der Waals surface area contributed by atoms with Gasteiger partial charge >= 0.3 is 5.97 Å². The van der Waals surface area contributed by atoms with Gasteiger partial charge in [-0.05, 0) is 36.6 Å². The molecule has 1 N–H and O–H groups in total. The van der Waals surface area contributed by atoms with Crippen molar-refractivity contribution in [1.82, 2.24) is 5.32 Å². The van der Waals surface area contributed by atoms with Gasteiger partial charge in [-0.25, -0.2) is 0 Å². The van der Waals surface area contributed by atoms with E-state index in [9.17, 15) is 9.59 Å². The number of hydrogen-bond donors (Lipinski definition) is 1. The van der Waals surface area contributed by atoms with Crippen LogP contribution in [0.15, 0.2) is 48.5 Å². The summed E-state index contributed by atoms with van der Waals surface area (Å²) in [6.45, 7) is 2.62. The molecular weight excluding hydrogens is 346 g/mol. The van der Waals surface area contributed by atoms with Crippen LogP contribution in [-0.2, 0) is 20.7 Å². The Balaban J connectivity index is 1.42. The van der Waals surface area contributed by atoms with Crippen LogP contribution in [0.25, 0.3) is 0 Å². The molecule has 1 amide bonds. The minimum Gasteiger partial charge on any atom is -0.486 e. The van der Waals surface area contributed by atoms with Crippen LogP contribution in [-0.4, -0.2) is 31.7 Å². The van der Waals surface area contributed by atoms with Crippen molar-refractivity contribution in [3.8, 4) is 11.5 Å². The number of fused-ring (bicyclic) bond motifs is 1. The predicted molar refractivity (Wildman–Crippen MR) is 99.7 cm³/mol. The third-order valence-electron chi connectivity index (χ3n) is 4.27. The lowest BCUT2D eigenvalue weighted by molar-refractivity contribution is -0.148. The van der Waals surface area contributed by atoms with Crippen molar-refractivity contribution in [2.45, 2.75) is 25.8 Å². The molecule has 0 radical (unpaired) electrons. The Labute approximate surface area is 158 Å². The molecule has 0 aromatic heterocycles. The van der Waals surface area contributed by atoms with Crippen LogP contribution in [0.1, 0.15) is 30.5 Å². The number of aryl methyl sites for hydroxylation is 1. The maximum Gasteiger partial charge on any atom is 0.306 e. The zero-order valence-corrected chi connectivity index (χ0v) is 15.3. The molecule has 2 aromatic carbocycles. The SMILES string of the molecule is CC(NC(=O)COC(=O)CCc1ccccc1)c1ccc2c(c1)OCCO2. The smallest absolute Gasteiger partial charge is 0.306 e. The summed E-state index contributed by atoms with van der Waals surface area (Å²) in [6.07, 6.45) is 0.837. The molecule has 27 heavy (non-hydrogen) atoms. The normalized spacial score (nSPS) is 13.5. The number of esters is 1. The van der Waals surface area contributed by atoms with Gasteiger partial charge in [-0.2, -0.15) is 0 Å². The van der Waals surface area contributed by atoms with Gasteiger partial charge in [0.15, 0.2) is 18.1 Å². The molecule has 1 unspecified atom stereocenters. The van der Waals surface area contributed by atoms with E-state index in [2.05, 4.69) is 5.32 Å². The fraction of sp³-hybridized carbons (Fsp3) is 0.333.